The number of aliphatic imine (C=N–C) groups is 1. The van der Waals surface area contributed by atoms with E-state index in [2.05, 4.69) is 43.0 Å². The van der Waals surface area contributed by atoms with Gasteiger partial charge in [-0.3, -0.25) is 4.99 Å². The van der Waals surface area contributed by atoms with Gasteiger partial charge in [0.25, 0.3) is 0 Å². The minimum atomic E-state index is 0.334. The van der Waals surface area contributed by atoms with Gasteiger partial charge in [-0.15, -0.1) is 11.3 Å². The van der Waals surface area contributed by atoms with E-state index in [4.69, 9.17) is 4.74 Å². The molecule has 0 unspecified atom stereocenters. The molecule has 4 rings (SSSR count). The normalized spacial score (nSPS) is 18.8. The highest BCUT2D eigenvalue weighted by molar-refractivity contribution is 7.14. The Kier molecular flexibility index (Phi) is 6.87. The molecule has 7 heteroatoms. The molecule has 1 saturated heterocycles. The van der Waals surface area contributed by atoms with Gasteiger partial charge in [0.1, 0.15) is 6.10 Å². The summed E-state index contributed by atoms with van der Waals surface area (Å²) in [7, 11) is 1.83. The third-order valence-electron chi connectivity index (χ3n) is 5.73. The topological polar surface area (TPSA) is 61.8 Å². The minimum Gasteiger partial charge on any atom is -0.474 e. The van der Waals surface area contributed by atoms with E-state index in [1.165, 1.54) is 17.8 Å². The highest BCUT2D eigenvalue weighted by atomic mass is 32.1. The number of thiophene rings is 1. The Hall–Kier alpha value is -2.28. The fraction of sp³-hybridized carbons (Fsp3) is 0.545. The van der Waals surface area contributed by atoms with Crippen molar-refractivity contribution in [1.82, 2.24) is 15.6 Å². The van der Waals surface area contributed by atoms with Crippen LogP contribution < -0.4 is 20.3 Å². The number of nitrogens with zero attached hydrogens (tertiary/aromatic N) is 3. The third-order valence-corrected chi connectivity index (χ3v) is 6.66. The number of rotatable bonds is 6. The molecule has 2 aromatic heterocycles. The van der Waals surface area contributed by atoms with Crippen LogP contribution in [0.25, 0.3) is 0 Å². The van der Waals surface area contributed by atoms with Crippen LogP contribution in [0.2, 0.25) is 0 Å². The zero-order valence-electron chi connectivity index (χ0n) is 17.1. The number of hydrogen-bond acceptors (Lipinski definition) is 5. The van der Waals surface area contributed by atoms with Crippen LogP contribution in [0.15, 0.2) is 40.8 Å². The van der Waals surface area contributed by atoms with Crippen LogP contribution in [0.4, 0.5) is 5.00 Å². The van der Waals surface area contributed by atoms with Gasteiger partial charge in [0.2, 0.25) is 5.88 Å². The molecule has 2 aliphatic rings. The minimum absolute atomic E-state index is 0.334. The lowest BCUT2D eigenvalue weighted by Crippen LogP contribution is -2.48. The van der Waals surface area contributed by atoms with E-state index in [0.29, 0.717) is 18.7 Å². The van der Waals surface area contributed by atoms with E-state index < -0.39 is 0 Å². The standard InChI is InChI=1S/C22H31N5OS/c1-23-22(26-18-9-12-27(13-10-18)21-7-4-14-29-21)25-16-17-8-11-24-20(15-17)28-19-5-2-3-6-19/h4,7-8,11,14-15,18-19H,2-3,5-6,9-10,12-13,16H2,1H3,(H2,23,25,26). The van der Waals surface area contributed by atoms with Gasteiger partial charge in [-0.2, -0.15) is 0 Å². The van der Waals surface area contributed by atoms with Crippen LogP contribution in [-0.2, 0) is 6.54 Å². The summed E-state index contributed by atoms with van der Waals surface area (Å²) in [6.45, 7) is 2.88. The van der Waals surface area contributed by atoms with Crippen molar-refractivity contribution in [3.8, 4) is 5.88 Å². The van der Waals surface area contributed by atoms with Crippen molar-refractivity contribution in [2.45, 2.75) is 57.2 Å². The molecule has 0 atom stereocenters. The molecule has 0 radical (unpaired) electrons. The Bertz CT molecular complexity index is 780. The maximum Gasteiger partial charge on any atom is 0.213 e. The summed E-state index contributed by atoms with van der Waals surface area (Å²) < 4.78 is 6.02. The van der Waals surface area contributed by atoms with Crippen molar-refractivity contribution in [2.24, 2.45) is 4.99 Å². The fourth-order valence-corrected chi connectivity index (χ4v) is 4.85. The Morgan fingerprint density at radius 3 is 2.79 bits per heavy atom. The van der Waals surface area contributed by atoms with Crippen LogP contribution in [0.1, 0.15) is 44.1 Å². The fourth-order valence-electron chi connectivity index (χ4n) is 4.07. The molecule has 6 nitrogen and oxygen atoms in total. The molecule has 0 aromatic carbocycles. The van der Waals surface area contributed by atoms with Crippen molar-refractivity contribution >= 4 is 22.3 Å². The quantitative estimate of drug-likeness (QED) is 0.557. The SMILES string of the molecule is CN=C(NCc1ccnc(OC2CCCC2)c1)NC1CCN(c2cccs2)CC1. The van der Waals surface area contributed by atoms with E-state index in [1.54, 1.807) is 0 Å². The Labute approximate surface area is 177 Å². The van der Waals surface area contributed by atoms with Gasteiger partial charge >= 0.3 is 0 Å². The second-order valence-electron chi connectivity index (χ2n) is 7.81. The maximum atomic E-state index is 6.02. The van der Waals surface area contributed by atoms with Crippen LogP contribution >= 0.6 is 11.3 Å². The molecule has 29 heavy (non-hydrogen) atoms. The van der Waals surface area contributed by atoms with Gasteiger partial charge in [-0.05, 0) is 67.7 Å². The summed E-state index contributed by atoms with van der Waals surface area (Å²) >= 11 is 1.82. The van der Waals surface area contributed by atoms with Crippen molar-refractivity contribution in [2.75, 3.05) is 25.0 Å². The number of ether oxygens (including phenoxy) is 1. The lowest BCUT2D eigenvalue weighted by molar-refractivity contribution is 0.201. The number of pyridine rings is 1. The smallest absolute Gasteiger partial charge is 0.213 e. The summed E-state index contributed by atoms with van der Waals surface area (Å²) in [6.07, 6.45) is 9.22. The molecule has 0 amide bonds. The molecule has 2 fully saturated rings. The number of aromatic nitrogens is 1. The van der Waals surface area contributed by atoms with E-state index in [-0.39, 0.29) is 0 Å². The van der Waals surface area contributed by atoms with Gasteiger partial charge in [0, 0.05) is 45.0 Å². The molecule has 156 valence electrons. The monoisotopic (exact) mass is 413 g/mol. The summed E-state index contributed by atoms with van der Waals surface area (Å²) in [5, 5.41) is 10.5. The summed E-state index contributed by atoms with van der Waals surface area (Å²) in [5.41, 5.74) is 1.16. The molecule has 1 aliphatic heterocycles. The zero-order chi connectivity index (χ0) is 19.9. The Balaban J connectivity index is 1.23. The van der Waals surface area contributed by atoms with Gasteiger partial charge in [0.15, 0.2) is 5.96 Å². The van der Waals surface area contributed by atoms with Crippen LogP contribution in [0, 0.1) is 0 Å². The van der Waals surface area contributed by atoms with Crippen molar-refractivity contribution < 1.29 is 4.74 Å². The predicted molar refractivity (Wildman–Crippen MR) is 120 cm³/mol. The van der Waals surface area contributed by atoms with Gasteiger partial charge in [-0.25, -0.2) is 4.98 Å². The molecule has 2 N–H and O–H groups in total. The van der Waals surface area contributed by atoms with Crippen molar-refractivity contribution in [3.05, 3.63) is 41.4 Å². The highest BCUT2D eigenvalue weighted by Gasteiger charge is 2.21. The first-order valence-electron chi connectivity index (χ1n) is 10.7. The predicted octanol–water partition coefficient (Wildman–Crippen LogP) is 3.80. The number of piperidine rings is 1. The molecule has 3 heterocycles. The lowest BCUT2D eigenvalue weighted by atomic mass is 10.1. The molecule has 2 aromatic rings. The summed E-state index contributed by atoms with van der Waals surface area (Å²) in [5.74, 6) is 1.59. The molecule has 0 bridgehead atoms. The Morgan fingerprint density at radius 2 is 2.07 bits per heavy atom. The van der Waals surface area contributed by atoms with E-state index in [9.17, 15) is 0 Å². The second-order valence-corrected chi connectivity index (χ2v) is 8.74. The molecular weight excluding hydrogens is 382 g/mol. The molecule has 1 aliphatic carbocycles. The van der Waals surface area contributed by atoms with Gasteiger partial charge in [-0.1, -0.05) is 0 Å². The van der Waals surface area contributed by atoms with Crippen LogP contribution in [0.3, 0.4) is 0 Å². The molecule has 1 saturated carbocycles. The van der Waals surface area contributed by atoms with Crippen LogP contribution in [0.5, 0.6) is 5.88 Å². The van der Waals surface area contributed by atoms with E-state index in [1.807, 2.05) is 36.7 Å². The average Bonchev–Trinajstić information content (AvgIpc) is 3.46. The molecule has 0 spiro atoms. The largest absolute Gasteiger partial charge is 0.474 e. The first kappa shape index (κ1) is 20.0. The first-order chi connectivity index (χ1) is 14.3. The van der Waals surface area contributed by atoms with Gasteiger partial charge in [0.05, 0.1) is 5.00 Å². The van der Waals surface area contributed by atoms with Crippen LogP contribution in [-0.4, -0.2) is 43.2 Å². The number of anilines is 1. The van der Waals surface area contributed by atoms with E-state index in [0.717, 1.165) is 56.2 Å². The lowest BCUT2D eigenvalue weighted by Gasteiger charge is -2.33. The van der Waals surface area contributed by atoms with Crippen molar-refractivity contribution in [1.29, 1.82) is 0 Å². The summed E-state index contributed by atoms with van der Waals surface area (Å²) in [6, 6.07) is 8.85. The second kappa shape index (κ2) is 9.96. The Morgan fingerprint density at radius 1 is 1.24 bits per heavy atom. The molecular formula is C22H31N5OS. The van der Waals surface area contributed by atoms with Gasteiger partial charge < -0.3 is 20.3 Å². The van der Waals surface area contributed by atoms with Crippen molar-refractivity contribution in [3.63, 3.8) is 0 Å². The zero-order valence-corrected chi connectivity index (χ0v) is 18.0. The maximum absolute atomic E-state index is 6.02. The number of guanidine groups is 1. The average molecular weight is 414 g/mol. The first-order valence-corrected chi connectivity index (χ1v) is 11.6. The summed E-state index contributed by atoms with van der Waals surface area (Å²) in [4.78, 5) is 11.3. The highest BCUT2D eigenvalue weighted by Crippen LogP contribution is 2.25. The van der Waals surface area contributed by atoms with E-state index >= 15 is 0 Å². The third kappa shape index (κ3) is 5.63. The number of nitrogens with one attached hydrogen (secondary N) is 2. The number of hydrogen-bond donors (Lipinski definition) is 2.